The van der Waals surface area contributed by atoms with Crippen molar-refractivity contribution in [3.8, 4) is 11.1 Å². The highest BCUT2D eigenvalue weighted by molar-refractivity contribution is 5.70. The molecule has 1 saturated heterocycles. The van der Waals surface area contributed by atoms with Crippen molar-refractivity contribution in [2.45, 2.75) is 57.5 Å². The standard InChI is InChI=1S/C27H39FN4O2/c1-27(10-13-34-14-11-27)19-31-23-5-3-4-20(16-23)24-17-26(30-18-25(24)28)32-22-8-6-21(7-9-22)29-12-15-33-2/h3-5,16-18,21-22,29,31H,6-15,19H2,1-2H3,(H,30,32)/t21-,22-. The normalized spacial score (nSPS) is 22.3. The molecule has 2 heterocycles. The predicted octanol–water partition coefficient (Wildman–Crippen LogP) is 5.08. The first-order valence-electron chi connectivity index (χ1n) is 12.6. The number of halogens is 1. The Bertz CT molecular complexity index is 911. The van der Waals surface area contributed by atoms with Crippen LogP contribution in [0, 0.1) is 11.2 Å². The van der Waals surface area contributed by atoms with Gasteiger partial charge < -0.3 is 25.4 Å². The van der Waals surface area contributed by atoms with E-state index >= 15 is 0 Å². The fourth-order valence-electron chi connectivity index (χ4n) is 4.91. The van der Waals surface area contributed by atoms with Gasteiger partial charge >= 0.3 is 0 Å². The summed E-state index contributed by atoms with van der Waals surface area (Å²) >= 11 is 0. The van der Waals surface area contributed by atoms with E-state index < -0.39 is 0 Å². The van der Waals surface area contributed by atoms with Crippen LogP contribution in [0.1, 0.15) is 45.4 Å². The smallest absolute Gasteiger partial charge is 0.149 e. The van der Waals surface area contributed by atoms with Crippen molar-refractivity contribution in [1.82, 2.24) is 10.3 Å². The van der Waals surface area contributed by atoms with Gasteiger partial charge in [0.05, 0.1) is 12.8 Å². The number of ether oxygens (including phenoxy) is 2. The maximum absolute atomic E-state index is 14.8. The molecule has 7 heteroatoms. The summed E-state index contributed by atoms with van der Waals surface area (Å²) in [4.78, 5) is 4.32. The van der Waals surface area contributed by atoms with Crippen LogP contribution >= 0.6 is 0 Å². The first-order chi connectivity index (χ1) is 16.5. The van der Waals surface area contributed by atoms with Crippen LogP contribution in [0.15, 0.2) is 36.5 Å². The quantitative estimate of drug-likeness (QED) is 0.421. The summed E-state index contributed by atoms with van der Waals surface area (Å²) in [6.07, 6.45) is 7.82. The van der Waals surface area contributed by atoms with E-state index in [1.807, 2.05) is 30.3 Å². The molecular formula is C27H39FN4O2. The summed E-state index contributed by atoms with van der Waals surface area (Å²) in [6.45, 7) is 6.46. The first-order valence-corrected chi connectivity index (χ1v) is 12.6. The van der Waals surface area contributed by atoms with Crippen LogP contribution in [-0.4, -0.2) is 57.1 Å². The number of anilines is 2. The van der Waals surface area contributed by atoms with E-state index in [9.17, 15) is 4.39 Å². The molecule has 0 unspecified atom stereocenters. The van der Waals surface area contributed by atoms with Gasteiger partial charge in [-0.05, 0) is 67.7 Å². The molecule has 1 aromatic heterocycles. The number of hydrogen-bond acceptors (Lipinski definition) is 6. The average Bonchev–Trinajstić information content (AvgIpc) is 2.86. The van der Waals surface area contributed by atoms with E-state index in [2.05, 4.69) is 27.9 Å². The van der Waals surface area contributed by atoms with E-state index in [0.717, 1.165) is 88.5 Å². The Morgan fingerprint density at radius 2 is 1.88 bits per heavy atom. The van der Waals surface area contributed by atoms with E-state index in [-0.39, 0.29) is 11.2 Å². The number of nitrogens with zero attached hydrogens (tertiary/aromatic N) is 1. The zero-order valence-corrected chi connectivity index (χ0v) is 20.5. The van der Waals surface area contributed by atoms with Crippen LogP contribution in [0.4, 0.5) is 15.9 Å². The summed E-state index contributed by atoms with van der Waals surface area (Å²) in [5.74, 6) is 0.436. The molecule has 2 aliphatic rings. The molecule has 4 rings (SSSR count). The maximum Gasteiger partial charge on any atom is 0.149 e. The Hall–Kier alpha value is -2.22. The molecule has 0 atom stereocenters. The summed E-state index contributed by atoms with van der Waals surface area (Å²) in [6, 6.07) is 10.8. The van der Waals surface area contributed by atoms with Crippen LogP contribution in [0.3, 0.4) is 0 Å². The van der Waals surface area contributed by atoms with Gasteiger partial charge in [0.2, 0.25) is 0 Å². The number of aromatic nitrogens is 1. The van der Waals surface area contributed by atoms with Crippen LogP contribution in [-0.2, 0) is 9.47 Å². The van der Waals surface area contributed by atoms with E-state index in [1.165, 1.54) is 6.20 Å². The third kappa shape index (κ3) is 6.90. The molecule has 1 aliphatic carbocycles. The lowest BCUT2D eigenvalue weighted by Crippen LogP contribution is -2.38. The maximum atomic E-state index is 14.8. The van der Waals surface area contributed by atoms with Crippen LogP contribution in [0.25, 0.3) is 11.1 Å². The molecule has 0 spiro atoms. The molecule has 6 nitrogen and oxygen atoms in total. The van der Waals surface area contributed by atoms with Crippen LogP contribution in [0.5, 0.6) is 0 Å². The van der Waals surface area contributed by atoms with Crippen molar-refractivity contribution in [2.24, 2.45) is 5.41 Å². The van der Waals surface area contributed by atoms with Gasteiger partial charge in [0.15, 0.2) is 0 Å². The van der Waals surface area contributed by atoms with E-state index in [1.54, 1.807) is 7.11 Å². The summed E-state index contributed by atoms with van der Waals surface area (Å²) in [7, 11) is 1.73. The lowest BCUT2D eigenvalue weighted by atomic mass is 9.82. The van der Waals surface area contributed by atoms with Crippen LogP contribution < -0.4 is 16.0 Å². The fourth-order valence-corrected chi connectivity index (χ4v) is 4.91. The number of methoxy groups -OCH3 is 1. The summed E-state index contributed by atoms with van der Waals surface area (Å²) in [5, 5.41) is 10.7. The molecule has 0 radical (unpaired) electrons. The second kappa shape index (κ2) is 12.0. The van der Waals surface area contributed by atoms with Crippen molar-refractivity contribution >= 4 is 11.5 Å². The lowest BCUT2D eigenvalue weighted by molar-refractivity contribution is 0.0300. The van der Waals surface area contributed by atoms with Gasteiger partial charge in [-0.2, -0.15) is 0 Å². The molecule has 1 aliphatic heterocycles. The Morgan fingerprint density at radius 1 is 1.12 bits per heavy atom. The number of hydrogen-bond donors (Lipinski definition) is 3. The summed E-state index contributed by atoms with van der Waals surface area (Å²) in [5.41, 5.74) is 2.67. The molecule has 2 aromatic rings. The second-order valence-electron chi connectivity index (χ2n) is 10.0. The largest absolute Gasteiger partial charge is 0.384 e. The number of nitrogens with one attached hydrogen (secondary N) is 3. The van der Waals surface area contributed by atoms with Crippen molar-refractivity contribution in [3.05, 3.63) is 42.3 Å². The van der Waals surface area contributed by atoms with Gasteiger partial charge in [-0.3, -0.25) is 0 Å². The average molecular weight is 471 g/mol. The first kappa shape index (κ1) is 24.9. The molecule has 2 fully saturated rings. The molecule has 1 aromatic carbocycles. The van der Waals surface area contributed by atoms with Gasteiger partial charge in [-0.15, -0.1) is 0 Å². The number of pyridine rings is 1. The molecular weight excluding hydrogens is 431 g/mol. The third-order valence-corrected chi connectivity index (χ3v) is 7.27. The Kier molecular flexibility index (Phi) is 8.75. The highest BCUT2D eigenvalue weighted by atomic mass is 19.1. The van der Waals surface area contributed by atoms with Crippen molar-refractivity contribution < 1.29 is 13.9 Å². The molecule has 186 valence electrons. The number of rotatable bonds is 10. The predicted molar refractivity (Wildman–Crippen MR) is 136 cm³/mol. The van der Waals surface area contributed by atoms with Crippen molar-refractivity contribution in [3.63, 3.8) is 0 Å². The Labute approximate surface area is 203 Å². The minimum absolute atomic E-state index is 0.228. The van der Waals surface area contributed by atoms with Gasteiger partial charge in [-0.25, -0.2) is 9.37 Å². The summed E-state index contributed by atoms with van der Waals surface area (Å²) < 4.78 is 25.4. The zero-order valence-electron chi connectivity index (χ0n) is 20.5. The second-order valence-corrected chi connectivity index (χ2v) is 10.0. The third-order valence-electron chi connectivity index (χ3n) is 7.27. The highest BCUT2D eigenvalue weighted by Crippen LogP contribution is 2.32. The van der Waals surface area contributed by atoms with Gasteiger partial charge in [0, 0.05) is 56.7 Å². The van der Waals surface area contributed by atoms with E-state index in [4.69, 9.17) is 9.47 Å². The minimum atomic E-state index is -0.301. The van der Waals surface area contributed by atoms with Crippen LogP contribution in [0.2, 0.25) is 0 Å². The van der Waals surface area contributed by atoms with E-state index in [0.29, 0.717) is 17.6 Å². The lowest BCUT2D eigenvalue weighted by Gasteiger charge is -2.34. The van der Waals surface area contributed by atoms with Gasteiger partial charge in [-0.1, -0.05) is 19.1 Å². The molecule has 1 saturated carbocycles. The molecule has 0 bridgehead atoms. The van der Waals surface area contributed by atoms with Crippen molar-refractivity contribution in [1.29, 1.82) is 0 Å². The minimum Gasteiger partial charge on any atom is -0.384 e. The monoisotopic (exact) mass is 470 g/mol. The topological polar surface area (TPSA) is 67.4 Å². The Balaban J connectivity index is 1.36. The SMILES string of the molecule is COCCN[C@H]1CC[C@H](Nc2cc(-c3cccc(NCC4(C)CCOCC4)c3)c(F)cn2)CC1. The van der Waals surface area contributed by atoms with Gasteiger partial charge in [0.1, 0.15) is 11.6 Å². The highest BCUT2D eigenvalue weighted by Gasteiger charge is 2.27. The Morgan fingerprint density at radius 3 is 2.65 bits per heavy atom. The molecule has 34 heavy (non-hydrogen) atoms. The number of benzene rings is 1. The van der Waals surface area contributed by atoms with Crippen molar-refractivity contribution in [2.75, 3.05) is 50.7 Å². The molecule has 3 N–H and O–H groups in total. The zero-order chi connectivity index (χ0) is 23.8. The molecule has 0 amide bonds. The fraction of sp³-hybridized carbons (Fsp3) is 0.593. The van der Waals surface area contributed by atoms with Gasteiger partial charge in [0.25, 0.3) is 0 Å².